The fourth-order valence-corrected chi connectivity index (χ4v) is 2.13. The molecule has 0 aliphatic heterocycles. The van der Waals surface area contributed by atoms with Gasteiger partial charge >= 0.3 is 0 Å². The van der Waals surface area contributed by atoms with Gasteiger partial charge in [0.25, 0.3) is 0 Å². The van der Waals surface area contributed by atoms with Crippen LogP contribution in [0, 0.1) is 12.7 Å². The van der Waals surface area contributed by atoms with Crippen LogP contribution in [0.5, 0.6) is 0 Å². The molecule has 0 aliphatic rings. The Morgan fingerprint density at radius 2 is 2.12 bits per heavy atom. The highest BCUT2D eigenvalue weighted by Gasteiger charge is 2.14. The summed E-state index contributed by atoms with van der Waals surface area (Å²) >= 11 is 5.98. The molecule has 1 aromatic carbocycles. The minimum Gasteiger partial charge on any atom is -0.398 e. The van der Waals surface area contributed by atoms with E-state index >= 15 is 0 Å². The molecule has 0 radical (unpaired) electrons. The molecule has 2 rings (SSSR count). The van der Waals surface area contributed by atoms with E-state index in [1.165, 1.54) is 12.1 Å². The molecule has 1 aromatic heterocycles. The SMILES string of the molecule is CCc1c(C)nc2c(Cl)ccc(F)c2c1N. The number of benzene rings is 1. The molecule has 2 N–H and O–H groups in total. The van der Waals surface area contributed by atoms with Crippen LogP contribution in [0.2, 0.25) is 5.02 Å². The zero-order valence-corrected chi connectivity index (χ0v) is 9.90. The predicted molar refractivity (Wildman–Crippen MR) is 65.2 cm³/mol. The minimum atomic E-state index is -0.376. The van der Waals surface area contributed by atoms with Crippen LogP contribution in [0.15, 0.2) is 12.1 Å². The molecule has 2 nitrogen and oxygen atoms in total. The normalized spacial score (nSPS) is 11.0. The Morgan fingerprint density at radius 3 is 2.75 bits per heavy atom. The first-order valence-electron chi connectivity index (χ1n) is 5.09. The first kappa shape index (κ1) is 11.1. The molecule has 0 bridgehead atoms. The highest BCUT2D eigenvalue weighted by molar-refractivity contribution is 6.35. The fourth-order valence-electron chi connectivity index (χ4n) is 1.93. The summed E-state index contributed by atoms with van der Waals surface area (Å²) in [5, 5.41) is 0.754. The van der Waals surface area contributed by atoms with Gasteiger partial charge in [0.2, 0.25) is 0 Å². The van der Waals surface area contributed by atoms with E-state index < -0.39 is 0 Å². The van der Waals surface area contributed by atoms with Crippen molar-refractivity contribution >= 4 is 28.2 Å². The number of halogens is 2. The van der Waals surface area contributed by atoms with E-state index in [2.05, 4.69) is 4.98 Å². The Balaban J connectivity index is 2.98. The van der Waals surface area contributed by atoms with Gasteiger partial charge in [-0.2, -0.15) is 0 Å². The zero-order chi connectivity index (χ0) is 11.9. The van der Waals surface area contributed by atoms with Crippen LogP contribution in [-0.4, -0.2) is 4.98 Å². The van der Waals surface area contributed by atoms with Crippen molar-refractivity contribution in [2.75, 3.05) is 5.73 Å². The lowest BCUT2D eigenvalue weighted by atomic mass is 10.0. The zero-order valence-electron chi connectivity index (χ0n) is 9.14. The Morgan fingerprint density at radius 1 is 1.44 bits per heavy atom. The number of hydrogen-bond acceptors (Lipinski definition) is 2. The molecule has 0 saturated heterocycles. The minimum absolute atomic E-state index is 0.329. The Bertz CT molecular complexity index is 567. The average molecular weight is 239 g/mol. The number of rotatable bonds is 1. The Hall–Kier alpha value is -1.35. The maximum atomic E-state index is 13.7. The number of pyridine rings is 1. The van der Waals surface area contributed by atoms with Gasteiger partial charge in [-0.05, 0) is 31.0 Å². The summed E-state index contributed by atoms with van der Waals surface area (Å²) in [6.45, 7) is 3.82. The van der Waals surface area contributed by atoms with Crippen molar-refractivity contribution in [3.8, 4) is 0 Å². The molecule has 0 unspecified atom stereocenters. The maximum Gasteiger partial charge on any atom is 0.134 e. The van der Waals surface area contributed by atoms with Crippen molar-refractivity contribution in [1.29, 1.82) is 0 Å². The van der Waals surface area contributed by atoms with E-state index in [1.54, 1.807) is 0 Å². The molecule has 84 valence electrons. The third-order valence-corrected chi connectivity index (χ3v) is 3.05. The van der Waals surface area contributed by atoms with Gasteiger partial charge in [-0.25, -0.2) is 4.39 Å². The number of anilines is 1. The van der Waals surface area contributed by atoms with Crippen LogP contribution in [0.4, 0.5) is 10.1 Å². The molecule has 0 aliphatic carbocycles. The van der Waals surface area contributed by atoms with E-state index in [9.17, 15) is 4.39 Å². The van der Waals surface area contributed by atoms with Crippen molar-refractivity contribution in [1.82, 2.24) is 4.98 Å². The van der Waals surface area contributed by atoms with E-state index in [4.69, 9.17) is 17.3 Å². The fraction of sp³-hybridized carbons (Fsp3) is 0.250. The third kappa shape index (κ3) is 1.52. The van der Waals surface area contributed by atoms with Gasteiger partial charge in [-0.15, -0.1) is 0 Å². The lowest BCUT2D eigenvalue weighted by Gasteiger charge is -2.11. The van der Waals surface area contributed by atoms with Crippen LogP contribution in [0.25, 0.3) is 10.9 Å². The van der Waals surface area contributed by atoms with Crippen molar-refractivity contribution in [2.24, 2.45) is 0 Å². The monoisotopic (exact) mass is 238 g/mol. The summed E-state index contributed by atoms with van der Waals surface area (Å²) < 4.78 is 13.7. The number of aryl methyl sites for hydroxylation is 1. The molecule has 16 heavy (non-hydrogen) atoms. The van der Waals surface area contributed by atoms with Gasteiger partial charge in [0, 0.05) is 11.4 Å². The Labute approximate surface area is 98.2 Å². The molecule has 0 fully saturated rings. The second-order valence-electron chi connectivity index (χ2n) is 3.70. The van der Waals surface area contributed by atoms with Crippen molar-refractivity contribution in [3.63, 3.8) is 0 Å². The van der Waals surface area contributed by atoms with Gasteiger partial charge in [0.05, 0.1) is 15.9 Å². The molecule has 0 atom stereocenters. The standard InChI is InChI=1S/C12H12ClFN2/c1-3-7-6(2)16-12-8(13)4-5-9(14)10(12)11(7)15/h4-5H,3H2,1-2H3,(H2,15,16). The average Bonchev–Trinajstić information content (AvgIpc) is 2.24. The second kappa shape index (κ2) is 3.91. The first-order chi connectivity index (χ1) is 7.56. The quantitative estimate of drug-likeness (QED) is 0.826. The molecule has 2 aromatic rings. The summed E-state index contributed by atoms with van der Waals surface area (Å²) in [4.78, 5) is 4.32. The molecule has 0 amide bonds. The van der Waals surface area contributed by atoms with Crippen LogP contribution in [-0.2, 0) is 6.42 Å². The van der Waals surface area contributed by atoms with Crippen molar-refractivity contribution in [2.45, 2.75) is 20.3 Å². The maximum absolute atomic E-state index is 13.7. The molecule has 4 heteroatoms. The lowest BCUT2D eigenvalue weighted by molar-refractivity contribution is 0.639. The molecular formula is C12H12ClFN2. The second-order valence-corrected chi connectivity index (χ2v) is 4.10. The van der Waals surface area contributed by atoms with E-state index in [1.807, 2.05) is 13.8 Å². The van der Waals surface area contributed by atoms with Gasteiger partial charge in [-0.3, -0.25) is 4.98 Å². The smallest absolute Gasteiger partial charge is 0.134 e. The summed E-state index contributed by atoms with van der Waals surface area (Å²) in [5.41, 5.74) is 8.54. The van der Waals surface area contributed by atoms with Crippen LogP contribution < -0.4 is 5.73 Å². The van der Waals surface area contributed by atoms with E-state index in [-0.39, 0.29) is 5.82 Å². The highest BCUT2D eigenvalue weighted by atomic mass is 35.5. The van der Waals surface area contributed by atoms with Gasteiger partial charge in [0.15, 0.2) is 0 Å². The molecule has 0 spiro atoms. The highest BCUT2D eigenvalue weighted by Crippen LogP contribution is 2.32. The van der Waals surface area contributed by atoms with Crippen molar-refractivity contribution < 1.29 is 4.39 Å². The van der Waals surface area contributed by atoms with E-state index in [0.29, 0.717) is 21.6 Å². The first-order valence-corrected chi connectivity index (χ1v) is 5.46. The van der Waals surface area contributed by atoms with Crippen LogP contribution in [0.3, 0.4) is 0 Å². The van der Waals surface area contributed by atoms with Gasteiger partial charge in [0.1, 0.15) is 5.82 Å². The number of nitrogens with zero attached hydrogens (tertiary/aromatic N) is 1. The summed E-state index contributed by atoms with van der Waals surface area (Å²) in [7, 11) is 0. The lowest BCUT2D eigenvalue weighted by Crippen LogP contribution is -2.02. The number of nitrogens with two attached hydrogens (primary N) is 1. The topological polar surface area (TPSA) is 38.9 Å². The van der Waals surface area contributed by atoms with E-state index in [0.717, 1.165) is 17.7 Å². The van der Waals surface area contributed by atoms with Gasteiger partial charge < -0.3 is 5.73 Å². The summed E-state index contributed by atoms with van der Waals surface area (Å²) in [6.07, 6.45) is 0.729. The predicted octanol–water partition coefficient (Wildman–Crippen LogP) is 3.48. The van der Waals surface area contributed by atoms with Crippen LogP contribution in [0.1, 0.15) is 18.2 Å². The molecule has 0 saturated carbocycles. The number of hydrogen-bond donors (Lipinski definition) is 1. The Kier molecular flexibility index (Phi) is 2.72. The number of fused-ring (bicyclic) bond motifs is 1. The molecular weight excluding hydrogens is 227 g/mol. The summed E-state index contributed by atoms with van der Waals surface area (Å²) in [5.74, 6) is -0.376. The largest absolute Gasteiger partial charge is 0.398 e. The number of aromatic nitrogens is 1. The third-order valence-electron chi connectivity index (χ3n) is 2.74. The van der Waals surface area contributed by atoms with Crippen LogP contribution >= 0.6 is 11.6 Å². The summed E-state index contributed by atoms with van der Waals surface area (Å²) in [6, 6.07) is 2.81. The molecule has 1 heterocycles. The number of nitrogen functional groups attached to an aromatic ring is 1. The van der Waals surface area contributed by atoms with Crippen molar-refractivity contribution in [3.05, 3.63) is 34.2 Å². The van der Waals surface area contributed by atoms with Gasteiger partial charge in [-0.1, -0.05) is 18.5 Å².